The Morgan fingerprint density at radius 2 is 2.25 bits per heavy atom. The third-order valence-electron chi connectivity index (χ3n) is 2.09. The van der Waals surface area contributed by atoms with Gasteiger partial charge in [0.2, 0.25) is 0 Å². The Morgan fingerprint density at radius 1 is 1.44 bits per heavy atom. The number of aromatic nitrogens is 2. The molecule has 0 aliphatic carbocycles. The van der Waals surface area contributed by atoms with Crippen LogP contribution >= 0.6 is 15.9 Å². The van der Waals surface area contributed by atoms with Gasteiger partial charge in [-0.1, -0.05) is 0 Å². The summed E-state index contributed by atoms with van der Waals surface area (Å²) in [6.45, 7) is 0.309. The van der Waals surface area contributed by atoms with Crippen LogP contribution in [0.2, 0.25) is 0 Å². The molecule has 82 valence electrons. The number of halogens is 2. The van der Waals surface area contributed by atoms with Crippen molar-refractivity contribution in [1.29, 1.82) is 0 Å². The molecule has 0 saturated heterocycles. The highest BCUT2D eigenvalue weighted by Gasteiger charge is 2.02. The molecule has 0 aliphatic heterocycles. The Morgan fingerprint density at radius 3 is 3.00 bits per heavy atom. The van der Waals surface area contributed by atoms with Crippen molar-refractivity contribution in [3.05, 3.63) is 63.0 Å². The summed E-state index contributed by atoms with van der Waals surface area (Å²) in [5.41, 5.74) is 0.506. The summed E-state index contributed by atoms with van der Waals surface area (Å²) < 4.78 is 14.9. The first kappa shape index (κ1) is 11.0. The number of hydrogen-bond donors (Lipinski definition) is 0. The van der Waals surface area contributed by atoms with E-state index in [0.29, 0.717) is 16.6 Å². The maximum Gasteiger partial charge on any atom is 0.265 e. The van der Waals surface area contributed by atoms with Crippen molar-refractivity contribution in [2.45, 2.75) is 6.54 Å². The van der Waals surface area contributed by atoms with Crippen LogP contribution in [-0.4, -0.2) is 9.55 Å². The molecule has 0 N–H and O–H groups in total. The lowest BCUT2D eigenvalue weighted by Gasteiger charge is -2.05. The number of pyridine rings is 2. The standard InChI is InChI=1S/C11H8BrFN2O/c12-10-2-1-3-15(11(10)16)7-8-4-9(13)6-14-5-8/h1-6H,7H2. The molecule has 0 amide bonds. The molecule has 0 fully saturated rings. The predicted molar refractivity (Wildman–Crippen MR) is 61.7 cm³/mol. The lowest BCUT2D eigenvalue weighted by Crippen LogP contribution is -2.20. The molecule has 2 rings (SSSR count). The van der Waals surface area contributed by atoms with Gasteiger partial charge in [0, 0.05) is 12.4 Å². The highest BCUT2D eigenvalue weighted by atomic mass is 79.9. The van der Waals surface area contributed by atoms with Crippen molar-refractivity contribution >= 4 is 15.9 Å². The summed E-state index contributed by atoms with van der Waals surface area (Å²) in [6, 6.07) is 4.78. The Labute approximate surface area is 99.7 Å². The molecule has 0 radical (unpaired) electrons. The first-order valence-electron chi connectivity index (χ1n) is 4.61. The summed E-state index contributed by atoms with van der Waals surface area (Å²) in [4.78, 5) is 15.4. The fourth-order valence-corrected chi connectivity index (χ4v) is 1.75. The molecule has 0 aliphatic rings. The molecular weight excluding hydrogens is 275 g/mol. The third-order valence-corrected chi connectivity index (χ3v) is 2.69. The summed E-state index contributed by atoms with van der Waals surface area (Å²) in [5.74, 6) is -0.402. The zero-order valence-corrected chi connectivity index (χ0v) is 9.82. The van der Waals surface area contributed by atoms with E-state index in [1.54, 1.807) is 18.3 Å². The van der Waals surface area contributed by atoms with Crippen LogP contribution in [0.3, 0.4) is 0 Å². The molecule has 0 unspecified atom stereocenters. The van der Waals surface area contributed by atoms with Crippen LogP contribution in [0.15, 0.2) is 46.1 Å². The molecule has 0 bridgehead atoms. The van der Waals surface area contributed by atoms with Gasteiger partial charge < -0.3 is 4.57 Å². The molecule has 2 aromatic rings. The molecular formula is C11H8BrFN2O. The summed E-state index contributed by atoms with van der Waals surface area (Å²) in [5, 5.41) is 0. The zero-order chi connectivity index (χ0) is 11.5. The molecule has 16 heavy (non-hydrogen) atoms. The second-order valence-electron chi connectivity index (χ2n) is 3.30. The van der Waals surface area contributed by atoms with Gasteiger partial charge in [0.25, 0.3) is 5.56 Å². The van der Waals surface area contributed by atoms with Gasteiger partial charge in [-0.3, -0.25) is 9.78 Å². The molecule has 2 aromatic heterocycles. The fourth-order valence-electron chi connectivity index (χ4n) is 1.37. The van der Waals surface area contributed by atoms with Crippen molar-refractivity contribution in [2.75, 3.05) is 0 Å². The van der Waals surface area contributed by atoms with E-state index in [2.05, 4.69) is 20.9 Å². The lowest BCUT2D eigenvalue weighted by atomic mass is 10.3. The Kier molecular flexibility index (Phi) is 3.14. The van der Waals surface area contributed by atoms with E-state index in [9.17, 15) is 9.18 Å². The van der Waals surface area contributed by atoms with Crippen LogP contribution in [0, 0.1) is 5.82 Å². The minimum atomic E-state index is -0.402. The van der Waals surface area contributed by atoms with E-state index in [1.165, 1.54) is 16.8 Å². The van der Waals surface area contributed by atoms with Crippen molar-refractivity contribution in [2.24, 2.45) is 0 Å². The highest BCUT2D eigenvalue weighted by Crippen LogP contribution is 2.05. The first-order valence-corrected chi connectivity index (χ1v) is 5.40. The van der Waals surface area contributed by atoms with Gasteiger partial charge in [0.05, 0.1) is 17.2 Å². The Bertz CT molecular complexity index is 568. The van der Waals surface area contributed by atoms with Crippen molar-refractivity contribution in [1.82, 2.24) is 9.55 Å². The van der Waals surface area contributed by atoms with Crippen molar-refractivity contribution < 1.29 is 4.39 Å². The molecule has 5 heteroatoms. The van der Waals surface area contributed by atoms with Gasteiger partial charge in [-0.05, 0) is 39.7 Å². The number of rotatable bonds is 2. The molecule has 2 heterocycles. The van der Waals surface area contributed by atoms with E-state index in [-0.39, 0.29) is 5.56 Å². The average molecular weight is 283 g/mol. The maximum absolute atomic E-state index is 12.9. The lowest BCUT2D eigenvalue weighted by molar-refractivity contribution is 0.615. The second-order valence-corrected chi connectivity index (χ2v) is 4.15. The molecule has 0 spiro atoms. The molecule has 0 aromatic carbocycles. The summed E-state index contributed by atoms with van der Waals surface area (Å²) in [7, 11) is 0. The number of hydrogen-bond acceptors (Lipinski definition) is 2. The molecule has 0 atom stereocenters. The smallest absolute Gasteiger partial charge is 0.265 e. The van der Waals surface area contributed by atoms with Crippen LogP contribution < -0.4 is 5.56 Å². The molecule has 3 nitrogen and oxygen atoms in total. The van der Waals surface area contributed by atoms with Crippen molar-refractivity contribution in [3.8, 4) is 0 Å². The average Bonchev–Trinajstić information content (AvgIpc) is 2.25. The van der Waals surface area contributed by atoms with Crippen molar-refractivity contribution in [3.63, 3.8) is 0 Å². The van der Waals surface area contributed by atoms with E-state index in [4.69, 9.17) is 0 Å². The topological polar surface area (TPSA) is 34.9 Å². The van der Waals surface area contributed by atoms with E-state index in [1.807, 2.05) is 0 Å². The van der Waals surface area contributed by atoms with E-state index < -0.39 is 5.82 Å². The van der Waals surface area contributed by atoms with Gasteiger partial charge in [0.15, 0.2) is 0 Å². The summed E-state index contributed by atoms with van der Waals surface area (Å²) >= 11 is 3.15. The summed E-state index contributed by atoms with van der Waals surface area (Å²) in [6.07, 6.45) is 4.32. The predicted octanol–water partition coefficient (Wildman–Crippen LogP) is 2.19. The normalized spacial score (nSPS) is 10.4. The van der Waals surface area contributed by atoms with Crippen LogP contribution in [-0.2, 0) is 6.54 Å². The van der Waals surface area contributed by atoms with Crippen LogP contribution in [0.1, 0.15) is 5.56 Å². The van der Waals surface area contributed by atoms with Gasteiger partial charge in [-0.15, -0.1) is 0 Å². The van der Waals surface area contributed by atoms with E-state index >= 15 is 0 Å². The van der Waals surface area contributed by atoms with Gasteiger partial charge in [-0.25, -0.2) is 4.39 Å². The zero-order valence-electron chi connectivity index (χ0n) is 8.23. The number of nitrogens with zero attached hydrogens (tertiary/aromatic N) is 2. The largest absolute Gasteiger partial charge is 0.310 e. The molecule has 0 saturated carbocycles. The monoisotopic (exact) mass is 282 g/mol. The SMILES string of the molecule is O=c1c(Br)cccn1Cc1cncc(F)c1. The minimum Gasteiger partial charge on any atom is -0.310 e. The van der Waals surface area contributed by atoms with Gasteiger partial charge in [0.1, 0.15) is 5.82 Å². The quantitative estimate of drug-likeness (QED) is 0.846. The second kappa shape index (κ2) is 4.57. The van der Waals surface area contributed by atoms with Gasteiger partial charge in [-0.2, -0.15) is 0 Å². The van der Waals surface area contributed by atoms with Crippen LogP contribution in [0.5, 0.6) is 0 Å². The minimum absolute atomic E-state index is 0.147. The van der Waals surface area contributed by atoms with Gasteiger partial charge >= 0.3 is 0 Å². The first-order chi connectivity index (χ1) is 7.66. The third kappa shape index (κ3) is 2.36. The Balaban J connectivity index is 2.34. The Hall–Kier alpha value is -1.49. The van der Waals surface area contributed by atoms with Crippen LogP contribution in [0.25, 0.3) is 0 Å². The van der Waals surface area contributed by atoms with Crippen LogP contribution in [0.4, 0.5) is 4.39 Å². The fraction of sp³-hybridized carbons (Fsp3) is 0.0909. The highest BCUT2D eigenvalue weighted by molar-refractivity contribution is 9.10. The van der Waals surface area contributed by atoms with E-state index in [0.717, 1.165) is 6.20 Å². The maximum atomic E-state index is 12.9.